The number of thiazole rings is 1. The lowest BCUT2D eigenvalue weighted by Gasteiger charge is -2.12. The number of hydrazine groups is 1. The van der Waals surface area contributed by atoms with Crippen molar-refractivity contribution in [2.45, 2.75) is 13.8 Å². The van der Waals surface area contributed by atoms with Crippen molar-refractivity contribution in [3.05, 3.63) is 52.8 Å². The number of anilines is 2. The Bertz CT molecular complexity index is 889. The van der Waals surface area contributed by atoms with Gasteiger partial charge >= 0.3 is 0 Å². The van der Waals surface area contributed by atoms with Crippen LogP contribution >= 0.6 is 11.3 Å². The van der Waals surface area contributed by atoms with E-state index in [2.05, 4.69) is 15.7 Å². The van der Waals surface area contributed by atoms with Gasteiger partial charge in [0.15, 0.2) is 5.13 Å². The second-order valence-corrected chi connectivity index (χ2v) is 6.17. The summed E-state index contributed by atoms with van der Waals surface area (Å²) in [6.07, 6.45) is 0. The summed E-state index contributed by atoms with van der Waals surface area (Å²) in [7, 11) is 0. The van der Waals surface area contributed by atoms with Crippen molar-refractivity contribution in [3.63, 3.8) is 0 Å². The van der Waals surface area contributed by atoms with Gasteiger partial charge in [0.1, 0.15) is 5.82 Å². The molecule has 2 aromatic carbocycles. The van der Waals surface area contributed by atoms with Gasteiger partial charge in [-0.05, 0) is 55.3 Å². The molecule has 3 aromatic rings. The van der Waals surface area contributed by atoms with Crippen LogP contribution in [0.5, 0.6) is 0 Å². The Kier molecular flexibility index (Phi) is 3.97. The number of nitrogens with two attached hydrogens (primary N) is 1. The van der Waals surface area contributed by atoms with Crippen molar-refractivity contribution in [1.82, 2.24) is 4.98 Å². The molecule has 0 bridgehead atoms. The lowest BCUT2D eigenvalue weighted by molar-refractivity contribution is 0.102. The summed E-state index contributed by atoms with van der Waals surface area (Å²) in [6, 6.07) is 7.34. The van der Waals surface area contributed by atoms with Gasteiger partial charge in [-0.3, -0.25) is 10.2 Å². The summed E-state index contributed by atoms with van der Waals surface area (Å²) in [5, 5.41) is 3.51. The number of rotatable bonds is 3. The highest BCUT2D eigenvalue weighted by Gasteiger charge is 2.15. The second-order valence-electron chi connectivity index (χ2n) is 5.17. The number of nitrogen functional groups attached to an aromatic ring is 1. The number of carbonyl (C=O) groups excluding carboxylic acids is 1. The molecule has 0 aliphatic rings. The van der Waals surface area contributed by atoms with Crippen molar-refractivity contribution in [3.8, 4) is 0 Å². The van der Waals surface area contributed by atoms with E-state index < -0.39 is 0 Å². The van der Waals surface area contributed by atoms with E-state index >= 15 is 0 Å². The average molecular weight is 330 g/mol. The highest BCUT2D eigenvalue weighted by atomic mass is 32.1. The monoisotopic (exact) mass is 330 g/mol. The molecule has 1 heterocycles. The fourth-order valence-electron chi connectivity index (χ4n) is 2.43. The molecule has 0 saturated carbocycles. The van der Waals surface area contributed by atoms with Crippen LogP contribution in [-0.4, -0.2) is 10.9 Å². The van der Waals surface area contributed by atoms with E-state index in [4.69, 9.17) is 5.84 Å². The number of halogens is 1. The van der Waals surface area contributed by atoms with Crippen molar-refractivity contribution < 1.29 is 9.18 Å². The third kappa shape index (κ3) is 2.88. The molecule has 1 amide bonds. The van der Waals surface area contributed by atoms with Gasteiger partial charge in [0, 0.05) is 11.3 Å². The van der Waals surface area contributed by atoms with Gasteiger partial charge in [-0.1, -0.05) is 11.3 Å². The zero-order valence-corrected chi connectivity index (χ0v) is 13.4. The fraction of sp³-hybridized carbons (Fsp3) is 0.125. The van der Waals surface area contributed by atoms with Crippen molar-refractivity contribution in [2.24, 2.45) is 5.84 Å². The van der Waals surface area contributed by atoms with Gasteiger partial charge in [-0.25, -0.2) is 15.2 Å². The van der Waals surface area contributed by atoms with E-state index in [0.29, 0.717) is 10.7 Å². The zero-order chi connectivity index (χ0) is 16.6. The summed E-state index contributed by atoms with van der Waals surface area (Å²) >= 11 is 1.42. The molecule has 1 aromatic heterocycles. The Labute approximate surface area is 136 Å². The summed E-state index contributed by atoms with van der Waals surface area (Å²) in [5.41, 5.74) is 6.33. The minimum absolute atomic E-state index is 0.280. The number of nitrogens with zero attached hydrogens (tertiary/aromatic N) is 1. The SMILES string of the molecule is Cc1cc2nc(NN)sc2c(C)c1NC(=O)c1ccc(F)cc1. The maximum absolute atomic E-state index is 13.0. The van der Waals surface area contributed by atoms with Crippen LogP contribution < -0.4 is 16.6 Å². The molecule has 3 rings (SSSR count). The largest absolute Gasteiger partial charge is 0.321 e. The molecule has 0 saturated heterocycles. The fourth-order valence-corrected chi connectivity index (χ4v) is 3.29. The standard InChI is InChI=1S/C16H15FN4OS/c1-8-7-12-14(23-16(19-12)21-18)9(2)13(8)20-15(22)10-3-5-11(17)6-4-10/h3-7H,18H2,1-2H3,(H,19,21)(H,20,22). The van der Waals surface area contributed by atoms with Crippen LogP contribution in [0.2, 0.25) is 0 Å². The third-order valence-corrected chi connectivity index (χ3v) is 4.71. The first-order chi connectivity index (χ1) is 11.0. The maximum atomic E-state index is 13.0. The Morgan fingerprint density at radius 3 is 2.61 bits per heavy atom. The number of carbonyl (C=O) groups is 1. The lowest BCUT2D eigenvalue weighted by atomic mass is 10.1. The van der Waals surface area contributed by atoms with Crippen molar-refractivity contribution in [1.29, 1.82) is 0 Å². The normalized spacial score (nSPS) is 10.8. The van der Waals surface area contributed by atoms with Crippen LogP contribution in [0, 0.1) is 19.7 Å². The van der Waals surface area contributed by atoms with Gasteiger partial charge in [-0.15, -0.1) is 0 Å². The predicted molar refractivity (Wildman–Crippen MR) is 91.3 cm³/mol. The first-order valence-corrected chi connectivity index (χ1v) is 7.75. The zero-order valence-electron chi connectivity index (χ0n) is 12.6. The topological polar surface area (TPSA) is 80.0 Å². The van der Waals surface area contributed by atoms with Crippen LogP contribution in [0.3, 0.4) is 0 Å². The molecule has 0 fully saturated rings. The van der Waals surface area contributed by atoms with E-state index in [1.54, 1.807) is 0 Å². The quantitative estimate of drug-likeness (QED) is 0.506. The summed E-state index contributed by atoms with van der Waals surface area (Å²) in [6.45, 7) is 3.83. The van der Waals surface area contributed by atoms with Crippen LogP contribution in [0.4, 0.5) is 15.2 Å². The number of aryl methyl sites for hydroxylation is 2. The van der Waals surface area contributed by atoms with Crippen molar-refractivity contribution in [2.75, 3.05) is 10.7 Å². The number of hydrogen-bond acceptors (Lipinski definition) is 5. The number of aromatic nitrogens is 1. The van der Waals surface area contributed by atoms with Gasteiger partial charge < -0.3 is 5.32 Å². The summed E-state index contributed by atoms with van der Waals surface area (Å²) < 4.78 is 13.9. The molecule has 0 aliphatic carbocycles. The summed E-state index contributed by atoms with van der Waals surface area (Å²) in [5.74, 6) is 4.75. The Balaban J connectivity index is 1.99. The first kappa shape index (κ1) is 15.4. The van der Waals surface area contributed by atoms with E-state index in [-0.39, 0.29) is 11.7 Å². The van der Waals surface area contributed by atoms with Crippen LogP contribution in [0.1, 0.15) is 21.5 Å². The molecule has 4 N–H and O–H groups in total. The molecule has 0 spiro atoms. The predicted octanol–water partition coefficient (Wildman–Crippen LogP) is 3.59. The molecule has 0 atom stereocenters. The molecule has 118 valence electrons. The number of nitrogens with one attached hydrogen (secondary N) is 2. The number of benzene rings is 2. The highest BCUT2D eigenvalue weighted by Crippen LogP contribution is 2.35. The van der Waals surface area contributed by atoms with Crippen molar-refractivity contribution >= 4 is 38.3 Å². The molecule has 7 heteroatoms. The maximum Gasteiger partial charge on any atom is 0.255 e. The molecular weight excluding hydrogens is 315 g/mol. The van der Waals surface area contributed by atoms with Crippen LogP contribution in [0.25, 0.3) is 10.2 Å². The van der Waals surface area contributed by atoms with Crippen LogP contribution in [-0.2, 0) is 0 Å². The molecular formula is C16H15FN4OS. The van der Waals surface area contributed by atoms with E-state index in [1.165, 1.54) is 35.6 Å². The van der Waals surface area contributed by atoms with E-state index in [1.807, 2.05) is 19.9 Å². The molecule has 0 unspecified atom stereocenters. The third-order valence-electron chi connectivity index (χ3n) is 3.58. The Morgan fingerprint density at radius 2 is 1.96 bits per heavy atom. The van der Waals surface area contributed by atoms with E-state index in [9.17, 15) is 9.18 Å². The van der Waals surface area contributed by atoms with Crippen LogP contribution in [0.15, 0.2) is 30.3 Å². The first-order valence-electron chi connectivity index (χ1n) is 6.94. The molecule has 23 heavy (non-hydrogen) atoms. The van der Waals surface area contributed by atoms with Gasteiger partial charge in [-0.2, -0.15) is 0 Å². The molecule has 0 aliphatic heterocycles. The number of hydrogen-bond donors (Lipinski definition) is 3. The highest BCUT2D eigenvalue weighted by molar-refractivity contribution is 7.22. The van der Waals surface area contributed by atoms with Gasteiger partial charge in [0.2, 0.25) is 0 Å². The lowest BCUT2D eigenvalue weighted by Crippen LogP contribution is -2.13. The molecule has 0 radical (unpaired) electrons. The minimum atomic E-state index is -0.373. The number of fused-ring (bicyclic) bond motifs is 1. The van der Waals surface area contributed by atoms with Gasteiger partial charge in [0.05, 0.1) is 10.2 Å². The Hall–Kier alpha value is -2.51. The number of amides is 1. The molecule has 5 nitrogen and oxygen atoms in total. The second kappa shape index (κ2) is 5.94. The Morgan fingerprint density at radius 1 is 1.26 bits per heavy atom. The van der Waals surface area contributed by atoms with E-state index in [0.717, 1.165) is 27.0 Å². The average Bonchev–Trinajstić information content (AvgIpc) is 2.95. The summed E-state index contributed by atoms with van der Waals surface area (Å²) in [4.78, 5) is 16.7. The minimum Gasteiger partial charge on any atom is -0.321 e. The van der Waals surface area contributed by atoms with Gasteiger partial charge in [0.25, 0.3) is 5.91 Å². The smallest absolute Gasteiger partial charge is 0.255 e.